The van der Waals surface area contributed by atoms with E-state index in [1.807, 2.05) is 0 Å². The third-order valence-corrected chi connectivity index (χ3v) is 4.65. The van der Waals surface area contributed by atoms with E-state index in [1.54, 1.807) is 0 Å². The number of hydrogen-bond donors (Lipinski definition) is 2. The van der Waals surface area contributed by atoms with E-state index in [1.165, 1.54) is 22.3 Å². The number of nitrogens with one attached hydrogen (secondary N) is 1. The number of halogens is 1. The maximum Gasteiger partial charge on any atom is 0.0721 e. The van der Waals surface area contributed by atoms with Crippen LogP contribution in [0, 0.1) is 20.8 Å². The largest absolute Gasteiger partial charge is 0.271 e. The summed E-state index contributed by atoms with van der Waals surface area (Å²) >= 11 is 3.66. The van der Waals surface area contributed by atoms with Crippen molar-refractivity contribution in [3.63, 3.8) is 0 Å². The summed E-state index contributed by atoms with van der Waals surface area (Å²) in [5, 5.41) is 0. The fraction of sp³-hybridized carbons (Fsp3) is 0.250. The fourth-order valence-corrected chi connectivity index (χ4v) is 2.70. The van der Waals surface area contributed by atoms with Crippen molar-refractivity contribution < 1.29 is 0 Å². The Morgan fingerprint density at radius 3 is 2.37 bits per heavy atom. The lowest BCUT2D eigenvalue weighted by Gasteiger charge is -2.20. The molecule has 2 rings (SSSR count). The standard InChI is InChI=1S/C16H19BrN2/c1-10-7-8-13(9-12(10)3)16(19-18)14-6-4-5-11(2)15(14)17/h4-9,16,19H,18H2,1-3H3. The number of benzene rings is 2. The average Bonchev–Trinajstić information content (AvgIpc) is 2.39. The Kier molecular flexibility index (Phi) is 4.40. The van der Waals surface area contributed by atoms with Gasteiger partial charge in [-0.15, -0.1) is 0 Å². The molecule has 0 heterocycles. The summed E-state index contributed by atoms with van der Waals surface area (Å²) in [7, 11) is 0. The van der Waals surface area contributed by atoms with Crippen LogP contribution >= 0.6 is 15.9 Å². The SMILES string of the molecule is Cc1ccc(C(NN)c2cccc(C)c2Br)cc1C. The summed E-state index contributed by atoms with van der Waals surface area (Å²) in [6.07, 6.45) is 0. The van der Waals surface area contributed by atoms with Crippen LogP contribution in [0.4, 0.5) is 0 Å². The number of hydrazine groups is 1. The van der Waals surface area contributed by atoms with Crippen molar-refractivity contribution in [2.24, 2.45) is 5.84 Å². The highest BCUT2D eigenvalue weighted by molar-refractivity contribution is 9.10. The van der Waals surface area contributed by atoms with E-state index in [0.717, 1.165) is 10.0 Å². The van der Waals surface area contributed by atoms with Gasteiger partial charge in [-0.1, -0.05) is 52.3 Å². The molecule has 0 aliphatic heterocycles. The Balaban J connectivity index is 2.50. The average molecular weight is 319 g/mol. The molecule has 0 aliphatic carbocycles. The molecule has 1 unspecified atom stereocenters. The van der Waals surface area contributed by atoms with E-state index in [-0.39, 0.29) is 6.04 Å². The van der Waals surface area contributed by atoms with Crippen molar-refractivity contribution in [2.45, 2.75) is 26.8 Å². The Labute approximate surface area is 123 Å². The Bertz CT molecular complexity index is 593. The molecule has 0 saturated heterocycles. The molecule has 2 aromatic carbocycles. The molecule has 0 bridgehead atoms. The van der Waals surface area contributed by atoms with E-state index < -0.39 is 0 Å². The van der Waals surface area contributed by atoms with E-state index in [4.69, 9.17) is 5.84 Å². The fourth-order valence-electron chi connectivity index (χ4n) is 2.20. The first kappa shape index (κ1) is 14.3. The van der Waals surface area contributed by atoms with Crippen molar-refractivity contribution in [1.82, 2.24) is 5.43 Å². The monoisotopic (exact) mass is 318 g/mol. The number of aryl methyl sites for hydroxylation is 3. The predicted molar refractivity (Wildman–Crippen MR) is 84.0 cm³/mol. The van der Waals surface area contributed by atoms with Gasteiger partial charge in [-0.25, -0.2) is 5.43 Å². The van der Waals surface area contributed by atoms with Gasteiger partial charge in [-0.2, -0.15) is 0 Å². The van der Waals surface area contributed by atoms with Crippen molar-refractivity contribution in [3.05, 3.63) is 68.7 Å². The van der Waals surface area contributed by atoms with Crippen molar-refractivity contribution in [2.75, 3.05) is 0 Å². The summed E-state index contributed by atoms with van der Waals surface area (Å²) in [6.45, 7) is 6.33. The topological polar surface area (TPSA) is 38.0 Å². The molecule has 0 radical (unpaired) electrons. The van der Waals surface area contributed by atoms with Gasteiger partial charge in [-0.05, 0) is 48.6 Å². The minimum Gasteiger partial charge on any atom is -0.271 e. The molecule has 0 amide bonds. The van der Waals surface area contributed by atoms with Crippen molar-refractivity contribution in [1.29, 1.82) is 0 Å². The van der Waals surface area contributed by atoms with Crippen LogP contribution in [0.3, 0.4) is 0 Å². The smallest absolute Gasteiger partial charge is 0.0721 e. The van der Waals surface area contributed by atoms with E-state index in [2.05, 4.69) is 78.5 Å². The van der Waals surface area contributed by atoms with Gasteiger partial charge in [0.2, 0.25) is 0 Å². The molecule has 2 aromatic rings. The van der Waals surface area contributed by atoms with Gasteiger partial charge in [-0.3, -0.25) is 5.84 Å². The molecule has 0 saturated carbocycles. The van der Waals surface area contributed by atoms with Crippen LogP contribution in [0.1, 0.15) is 33.9 Å². The second-order valence-electron chi connectivity index (χ2n) is 4.92. The van der Waals surface area contributed by atoms with Crippen molar-refractivity contribution in [3.8, 4) is 0 Å². The van der Waals surface area contributed by atoms with Gasteiger partial charge < -0.3 is 0 Å². The van der Waals surface area contributed by atoms with Gasteiger partial charge >= 0.3 is 0 Å². The van der Waals surface area contributed by atoms with Crippen LogP contribution in [0.25, 0.3) is 0 Å². The van der Waals surface area contributed by atoms with Crippen LogP contribution in [-0.2, 0) is 0 Å². The molecule has 2 nitrogen and oxygen atoms in total. The first-order valence-corrected chi connectivity index (χ1v) is 7.12. The molecule has 0 aromatic heterocycles. The summed E-state index contributed by atoms with van der Waals surface area (Å²) in [4.78, 5) is 0. The second kappa shape index (κ2) is 5.87. The molecule has 1 atom stereocenters. The Morgan fingerprint density at radius 2 is 1.74 bits per heavy atom. The molecule has 3 heteroatoms. The molecule has 100 valence electrons. The second-order valence-corrected chi connectivity index (χ2v) is 5.71. The maximum absolute atomic E-state index is 5.77. The molecular formula is C16H19BrN2. The van der Waals surface area contributed by atoms with E-state index >= 15 is 0 Å². The molecule has 0 aliphatic rings. The Morgan fingerprint density at radius 1 is 1.00 bits per heavy atom. The first-order valence-electron chi connectivity index (χ1n) is 6.33. The van der Waals surface area contributed by atoms with E-state index in [9.17, 15) is 0 Å². The van der Waals surface area contributed by atoms with Crippen LogP contribution in [-0.4, -0.2) is 0 Å². The number of hydrogen-bond acceptors (Lipinski definition) is 2. The third-order valence-electron chi connectivity index (χ3n) is 3.56. The van der Waals surface area contributed by atoms with Crippen molar-refractivity contribution >= 4 is 15.9 Å². The van der Waals surface area contributed by atoms with Gasteiger partial charge in [0.15, 0.2) is 0 Å². The predicted octanol–water partition coefficient (Wildman–Crippen LogP) is 3.93. The minimum atomic E-state index is -0.00595. The molecule has 0 spiro atoms. The lowest BCUT2D eigenvalue weighted by Crippen LogP contribution is -2.29. The lowest BCUT2D eigenvalue weighted by molar-refractivity contribution is 0.633. The Hall–Kier alpha value is -1.16. The zero-order valence-corrected chi connectivity index (χ0v) is 13.1. The highest BCUT2D eigenvalue weighted by atomic mass is 79.9. The number of rotatable bonds is 3. The quantitative estimate of drug-likeness (QED) is 0.664. The molecule has 3 N–H and O–H groups in total. The van der Waals surface area contributed by atoms with E-state index in [0.29, 0.717) is 0 Å². The van der Waals surface area contributed by atoms with Gasteiger partial charge in [0.05, 0.1) is 6.04 Å². The first-order chi connectivity index (χ1) is 9.04. The summed E-state index contributed by atoms with van der Waals surface area (Å²) in [5.74, 6) is 5.77. The normalized spacial score (nSPS) is 12.5. The summed E-state index contributed by atoms with van der Waals surface area (Å²) in [5.41, 5.74) is 9.04. The number of nitrogens with two attached hydrogens (primary N) is 1. The highest BCUT2D eigenvalue weighted by Crippen LogP contribution is 2.31. The van der Waals surface area contributed by atoms with Gasteiger partial charge in [0.25, 0.3) is 0 Å². The van der Waals surface area contributed by atoms with Gasteiger partial charge in [0.1, 0.15) is 0 Å². The minimum absolute atomic E-state index is 0.00595. The summed E-state index contributed by atoms with van der Waals surface area (Å²) < 4.78 is 1.11. The molecular weight excluding hydrogens is 300 g/mol. The molecule has 0 fully saturated rings. The van der Waals surface area contributed by atoms with Crippen LogP contribution in [0.2, 0.25) is 0 Å². The van der Waals surface area contributed by atoms with Crippen LogP contribution in [0.5, 0.6) is 0 Å². The third kappa shape index (κ3) is 2.89. The maximum atomic E-state index is 5.77. The zero-order chi connectivity index (χ0) is 14.0. The van der Waals surface area contributed by atoms with Gasteiger partial charge in [0, 0.05) is 4.47 Å². The highest BCUT2D eigenvalue weighted by Gasteiger charge is 2.16. The molecule has 19 heavy (non-hydrogen) atoms. The van der Waals surface area contributed by atoms with Crippen LogP contribution < -0.4 is 11.3 Å². The lowest BCUT2D eigenvalue weighted by atomic mass is 9.95. The zero-order valence-electron chi connectivity index (χ0n) is 11.5. The van der Waals surface area contributed by atoms with Crippen LogP contribution in [0.15, 0.2) is 40.9 Å². The summed E-state index contributed by atoms with van der Waals surface area (Å²) in [6, 6.07) is 12.7.